The SMILES string of the molecule is [2H]c1c([2H])c([2H])c2c(c1[2H])c1ccc(Oc3[c-]c(-n4[c-][n+](-c5c(-c6ccccc6)cccc5-c5ccccc5)c5ccccc54)ccc3)[c-]c1n2-c1cc(C(C)C(C)C)ccn1.[Pt]. The van der Waals surface area contributed by atoms with Crippen molar-refractivity contribution in [3.8, 4) is 50.9 Å². The van der Waals surface area contributed by atoms with Crippen molar-refractivity contribution in [2.24, 2.45) is 5.92 Å². The van der Waals surface area contributed by atoms with Crippen LogP contribution in [0.15, 0.2) is 176 Å². The summed E-state index contributed by atoms with van der Waals surface area (Å²) in [5.74, 6) is 1.98. The van der Waals surface area contributed by atoms with Gasteiger partial charge in [-0.1, -0.05) is 148 Å². The molecule has 3 heterocycles. The predicted octanol–water partition coefficient (Wildman–Crippen LogP) is 12.7. The summed E-state index contributed by atoms with van der Waals surface area (Å²) >= 11 is 0. The topological polar surface area (TPSA) is 35.9 Å². The molecule has 10 aromatic rings. The number of ether oxygens (including phenoxy) is 1. The molecule has 0 aliphatic heterocycles. The molecule has 0 saturated heterocycles. The number of imidazole rings is 1. The first-order valence-electron chi connectivity index (χ1n) is 21.5. The van der Waals surface area contributed by atoms with E-state index in [9.17, 15) is 0 Å². The van der Waals surface area contributed by atoms with Gasteiger partial charge in [-0.2, -0.15) is 18.2 Å². The van der Waals surface area contributed by atoms with Gasteiger partial charge in [-0.05, 0) is 68.9 Å². The normalized spacial score (nSPS) is 12.9. The minimum absolute atomic E-state index is 0. The first-order chi connectivity index (χ1) is 30.2. The van der Waals surface area contributed by atoms with E-state index in [2.05, 4.69) is 123 Å². The minimum Gasteiger partial charge on any atom is -0.510 e. The van der Waals surface area contributed by atoms with Crippen LogP contribution in [0.4, 0.5) is 0 Å². The Morgan fingerprint density at radius 3 is 2.08 bits per heavy atom. The number of pyridine rings is 1. The van der Waals surface area contributed by atoms with Crippen molar-refractivity contribution in [2.45, 2.75) is 26.7 Å². The second-order valence-electron chi connectivity index (χ2n) is 14.8. The molecule has 0 saturated carbocycles. The van der Waals surface area contributed by atoms with Crippen LogP contribution >= 0.6 is 0 Å². The van der Waals surface area contributed by atoms with Crippen LogP contribution in [0.2, 0.25) is 0 Å². The van der Waals surface area contributed by atoms with Gasteiger partial charge in [-0.25, -0.2) is 4.98 Å². The third kappa shape index (κ3) is 6.96. The van der Waals surface area contributed by atoms with Crippen LogP contribution in [-0.4, -0.2) is 14.1 Å². The van der Waals surface area contributed by atoms with Crippen LogP contribution in [0.5, 0.6) is 11.5 Å². The summed E-state index contributed by atoms with van der Waals surface area (Å²) < 4.78 is 47.5. The van der Waals surface area contributed by atoms with Crippen molar-refractivity contribution >= 4 is 32.8 Å². The summed E-state index contributed by atoms with van der Waals surface area (Å²) in [4.78, 5) is 4.73. The van der Waals surface area contributed by atoms with Gasteiger partial charge in [0.25, 0.3) is 6.33 Å². The van der Waals surface area contributed by atoms with Gasteiger partial charge in [0.15, 0.2) is 0 Å². The van der Waals surface area contributed by atoms with E-state index in [1.165, 1.54) is 0 Å². The summed E-state index contributed by atoms with van der Waals surface area (Å²) in [6, 6.07) is 54.9. The monoisotopic (exact) mass is 947 g/mol. The maximum absolute atomic E-state index is 9.02. The van der Waals surface area contributed by atoms with E-state index >= 15 is 0 Å². The predicted molar refractivity (Wildman–Crippen MR) is 234 cm³/mol. The van der Waals surface area contributed by atoms with Crippen LogP contribution in [0.25, 0.3) is 72.3 Å². The fourth-order valence-electron chi connectivity index (χ4n) is 7.77. The molecule has 0 amide bonds. The Kier molecular flexibility index (Phi) is 9.07. The third-order valence-corrected chi connectivity index (χ3v) is 11.0. The molecule has 0 aliphatic carbocycles. The molecule has 0 bridgehead atoms. The third-order valence-electron chi connectivity index (χ3n) is 11.0. The summed E-state index contributed by atoms with van der Waals surface area (Å²) in [6.07, 6.45) is 5.45. The Hall–Kier alpha value is -6.55. The Morgan fingerprint density at radius 1 is 0.661 bits per heavy atom. The van der Waals surface area contributed by atoms with E-state index in [4.69, 9.17) is 15.2 Å². The molecule has 6 heteroatoms. The van der Waals surface area contributed by atoms with Crippen LogP contribution in [0, 0.1) is 24.4 Å². The zero-order chi connectivity index (χ0) is 42.6. The van der Waals surface area contributed by atoms with Gasteiger partial charge in [0, 0.05) is 44.3 Å². The van der Waals surface area contributed by atoms with E-state index < -0.39 is 0 Å². The van der Waals surface area contributed by atoms with Crippen LogP contribution in [-0.2, 0) is 21.1 Å². The zero-order valence-corrected chi connectivity index (χ0v) is 34.9. The van der Waals surface area contributed by atoms with Crippen molar-refractivity contribution in [2.75, 3.05) is 0 Å². The quantitative estimate of drug-likeness (QED) is 0.107. The number of benzene rings is 7. The van der Waals surface area contributed by atoms with Crippen molar-refractivity contribution in [1.29, 1.82) is 0 Å². The van der Waals surface area contributed by atoms with Gasteiger partial charge in [0.1, 0.15) is 5.82 Å². The average Bonchev–Trinajstić information content (AvgIpc) is 3.87. The van der Waals surface area contributed by atoms with Crippen molar-refractivity contribution in [3.05, 3.63) is 200 Å². The van der Waals surface area contributed by atoms with Gasteiger partial charge in [-0.15, -0.1) is 29.7 Å². The van der Waals surface area contributed by atoms with Gasteiger partial charge >= 0.3 is 0 Å². The molecule has 0 aliphatic rings. The molecule has 3 aromatic heterocycles. The van der Waals surface area contributed by atoms with E-state index in [-0.39, 0.29) is 51.2 Å². The number of hydrogen-bond donors (Lipinski definition) is 0. The molecule has 7 aromatic carbocycles. The molecule has 10 rings (SSSR count). The molecular weight excluding hydrogens is 904 g/mol. The molecule has 0 spiro atoms. The molecule has 1 unspecified atom stereocenters. The number of nitrogens with zero attached hydrogens (tertiary/aromatic N) is 4. The standard InChI is InChI=1S/C53H40N4O.Pt/c1-36(2)37(3)40-30-31-54-52(32-40)57-48-25-11-10-22-46(48)47-29-28-43(34-51(47)57)58-42-21-14-20-41(33-42)55-35-56(50-27-13-12-26-49(50)55)53-44(38-16-6-4-7-17-38)23-15-24-45(53)39-18-8-5-9-19-39;/h4-32,36-37H,1-3H3;/q-2;/i10D,11D,22D,25D;. The Labute approximate surface area is 364 Å². The summed E-state index contributed by atoms with van der Waals surface area (Å²) in [5, 5.41) is 1.02. The Morgan fingerprint density at radius 2 is 1.34 bits per heavy atom. The van der Waals surface area contributed by atoms with E-state index in [0.717, 1.165) is 50.2 Å². The Bertz CT molecular complexity index is 3270. The maximum Gasteiger partial charge on any atom is 0.268 e. The summed E-state index contributed by atoms with van der Waals surface area (Å²) in [6.45, 7) is 6.52. The average molecular weight is 948 g/mol. The number of fused-ring (bicyclic) bond motifs is 4. The van der Waals surface area contributed by atoms with Crippen molar-refractivity contribution in [3.63, 3.8) is 0 Å². The minimum atomic E-state index is -0.309. The van der Waals surface area contributed by atoms with E-state index in [0.29, 0.717) is 45.0 Å². The molecule has 0 radical (unpaired) electrons. The number of aromatic nitrogens is 4. The van der Waals surface area contributed by atoms with E-state index in [1.54, 1.807) is 16.8 Å². The molecule has 1 atom stereocenters. The first kappa shape index (κ1) is 33.4. The molecule has 0 N–H and O–H groups in total. The second-order valence-corrected chi connectivity index (χ2v) is 14.8. The van der Waals surface area contributed by atoms with Crippen molar-refractivity contribution < 1.29 is 35.9 Å². The molecule has 59 heavy (non-hydrogen) atoms. The van der Waals surface area contributed by atoms with Gasteiger partial charge in [0.2, 0.25) is 0 Å². The Balaban J connectivity index is 0.00000504. The van der Waals surface area contributed by atoms with Crippen LogP contribution in [0.1, 0.15) is 37.7 Å². The number of hydrogen-bond acceptors (Lipinski definition) is 2. The molecular formula is C53H40N4OPt-2. The van der Waals surface area contributed by atoms with Crippen LogP contribution < -0.4 is 9.30 Å². The van der Waals surface area contributed by atoms with Gasteiger partial charge in [0.05, 0.1) is 22.2 Å². The smallest absolute Gasteiger partial charge is 0.268 e. The number of rotatable bonds is 9. The molecule has 290 valence electrons. The maximum atomic E-state index is 9.02. The van der Waals surface area contributed by atoms with E-state index in [1.807, 2.05) is 65.2 Å². The zero-order valence-electron chi connectivity index (χ0n) is 36.6. The largest absolute Gasteiger partial charge is 0.510 e. The summed E-state index contributed by atoms with van der Waals surface area (Å²) in [7, 11) is 0. The number of para-hydroxylation sites is 4. The first-order valence-corrected chi connectivity index (χ1v) is 19.5. The fourth-order valence-corrected chi connectivity index (χ4v) is 7.77. The fraction of sp³-hybridized carbons (Fsp3) is 0.0943. The second kappa shape index (κ2) is 16.0. The van der Waals surface area contributed by atoms with Crippen molar-refractivity contribution in [1.82, 2.24) is 14.1 Å². The molecule has 0 fully saturated rings. The van der Waals surface area contributed by atoms with Gasteiger partial charge < -0.3 is 13.9 Å². The summed E-state index contributed by atoms with van der Waals surface area (Å²) in [5.41, 5.74) is 9.90. The van der Waals surface area contributed by atoms with Gasteiger partial charge in [-0.3, -0.25) is 4.57 Å². The molecule has 5 nitrogen and oxygen atoms in total. The van der Waals surface area contributed by atoms with Crippen LogP contribution in [0.3, 0.4) is 0 Å².